The summed E-state index contributed by atoms with van der Waals surface area (Å²) < 4.78 is 0. The minimum atomic E-state index is -0.430. The third-order valence-corrected chi connectivity index (χ3v) is 2.75. The van der Waals surface area contributed by atoms with Crippen LogP contribution >= 0.6 is 11.6 Å². The molecule has 2 rings (SSSR count). The highest BCUT2D eigenvalue weighted by atomic mass is 35.5. The number of rotatable bonds is 6. The molecule has 8 nitrogen and oxygen atoms in total. The number of anilines is 3. The van der Waals surface area contributed by atoms with Crippen LogP contribution in [0.3, 0.4) is 0 Å². The van der Waals surface area contributed by atoms with Crippen molar-refractivity contribution in [2.24, 2.45) is 0 Å². The van der Waals surface area contributed by atoms with Gasteiger partial charge in [-0.05, 0) is 6.07 Å². The second kappa shape index (κ2) is 6.71. The summed E-state index contributed by atoms with van der Waals surface area (Å²) in [5, 5.41) is 17.1. The third-order valence-electron chi connectivity index (χ3n) is 2.56. The Labute approximate surface area is 125 Å². The lowest BCUT2D eigenvalue weighted by molar-refractivity contribution is -0.384. The van der Waals surface area contributed by atoms with Crippen molar-refractivity contribution in [3.8, 4) is 0 Å². The van der Waals surface area contributed by atoms with Crippen LogP contribution in [0.5, 0.6) is 0 Å². The second-order valence-electron chi connectivity index (χ2n) is 4.06. The molecule has 0 aliphatic heterocycles. The number of nitrogens with two attached hydrogens (primary N) is 1. The van der Waals surface area contributed by atoms with Crippen molar-refractivity contribution >= 4 is 34.7 Å². The Morgan fingerprint density at radius 2 is 1.95 bits per heavy atom. The van der Waals surface area contributed by atoms with Crippen LogP contribution in [-0.2, 0) is 0 Å². The number of nitrogens with zero attached hydrogens (tertiary/aromatic N) is 3. The Morgan fingerprint density at radius 1 is 1.24 bits per heavy atom. The molecule has 2 aromatic rings. The highest BCUT2D eigenvalue weighted by Gasteiger charge is 2.11. The average molecular weight is 309 g/mol. The van der Waals surface area contributed by atoms with E-state index in [4.69, 9.17) is 17.3 Å². The lowest BCUT2D eigenvalue weighted by Gasteiger charge is -2.09. The van der Waals surface area contributed by atoms with Gasteiger partial charge in [0.15, 0.2) is 0 Å². The topological polar surface area (TPSA) is 119 Å². The predicted octanol–water partition coefficient (Wildman–Crippen LogP) is 2.14. The zero-order valence-electron chi connectivity index (χ0n) is 10.9. The number of nitro benzene ring substituents is 1. The maximum Gasteiger partial charge on any atom is 0.292 e. The van der Waals surface area contributed by atoms with E-state index >= 15 is 0 Å². The van der Waals surface area contributed by atoms with Crippen molar-refractivity contribution in [2.75, 3.05) is 29.5 Å². The molecule has 0 atom stereocenters. The van der Waals surface area contributed by atoms with Gasteiger partial charge in [-0.3, -0.25) is 10.1 Å². The van der Waals surface area contributed by atoms with E-state index in [9.17, 15) is 10.1 Å². The van der Waals surface area contributed by atoms with E-state index in [1.807, 2.05) is 0 Å². The Morgan fingerprint density at radius 3 is 2.67 bits per heavy atom. The number of aromatic nitrogens is 2. The minimum absolute atomic E-state index is 0.0341. The summed E-state index contributed by atoms with van der Waals surface area (Å²) >= 11 is 5.75. The molecule has 9 heteroatoms. The molecule has 0 aliphatic carbocycles. The largest absolute Gasteiger partial charge is 0.378 e. The van der Waals surface area contributed by atoms with Crippen LogP contribution in [0.1, 0.15) is 0 Å². The van der Waals surface area contributed by atoms with Crippen molar-refractivity contribution in [3.63, 3.8) is 0 Å². The van der Waals surface area contributed by atoms with Crippen molar-refractivity contribution in [3.05, 3.63) is 45.6 Å². The molecule has 0 fully saturated rings. The number of hydrogen-bond acceptors (Lipinski definition) is 7. The summed E-state index contributed by atoms with van der Waals surface area (Å²) in [7, 11) is 0. The summed E-state index contributed by atoms with van der Waals surface area (Å²) in [6.07, 6.45) is 0. The molecule has 0 unspecified atom stereocenters. The predicted molar refractivity (Wildman–Crippen MR) is 81.5 cm³/mol. The molecule has 4 N–H and O–H groups in total. The standard InChI is InChI=1S/C12H13ClN6O2/c13-10-7-11(18-12(14)17-10)16-6-5-15-8-3-1-2-4-9(8)19(20)21/h1-4,7,15H,5-6H2,(H3,14,16,17,18). The molecule has 0 bridgehead atoms. The first-order valence-electron chi connectivity index (χ1n) is 6.07. The van der Waals surface area contributed by atoms with Crippen LogP contribution in [0.15, 0.2) is 30.3 Å². The summed E-state index contributed by atoms with van der Waals surface area (Å²) in [6, 6.07) is 7.99. The zero-order valence-corrected chi connectivity index (χ0v) is 11.7. The SMILES string of the molecule is Nc1nc(Cl)cc(NCCNc2ccccc2[N+](=O)[O-])n1. The molecule has 0 saturated heterocycles. The Bertz CT molecular complexity index is 631. The monoisotopic (exact) mass is 308 g/mol. The van der Waals surface area contributed by atoms with Crippen LogP contribution in [0.4, 0.5) is 23.1 Å². The number of nitro groups is 1. The van der Waals surface area contributed by atoms with Crippen molar-refractivity contribution in [1.29, 1.82) is 0 Å². The lowest BCUT2D eigenvalue weighted by Crippen LogP contribution is -2.15. The third kappa shape index (κ3) is 4.18. The van der Waals surface area contributed by atoms with Gasteiger partial charge >= 0.3 is 0 Å². The van der Waals surface area contributed by atoms with Gasteiger partial charge in [0.1, 0.15) is 16.7 Å². The lowest BCUT2D eigenvalue weighted by atomic mass is 10.2. The van der Waals surface area contributed by atoms with E-state index in [0.29, 0.717) is 24.6 Å². The summed E-state index contributed by atoms with van der Waals surface area (Å²) in [5.74, 6) is 0.577. The van der Waals surface area contributed by atoms with Gasteiger partial charge in [-0.1, -0.05) is 23.7 Å². The zero-order chi connectivity index (χ0) is 15.2. The maximum absolute atomic E-state index is 10.9. The summed E-state index contributed by atoms with van der Waals surface area (Å²) in [4.78, 5) is 18.1. The number of nitrogen functional groups attached to an aromatic ring is 1. The first-order valence-corrected chi connectivity index (χ1v) is 6.45. The highest BCUT2D eigenvalue weighted by Crippen LogP contribution is 2.22. The number of halogens is 1. The molecule has 0 saturated carbocycles. The van der Waals surface area contributed by atoms with Gasteiger partial charge in [-0.2, -0.15) is 4.98 Å². The van der Waals surface area contributed by atoms with Crippen LogP contribution < -0.4 is 16.4 Å². The fourth-order valence-electron chi connectivity index (χ4n) is 1.70. The van der Waals surface area contributed by atoms with E-state index in [1.165, 1.54) is 6.07 Å². The van der Waals surface area contributed by atoms with E-state index in [2.05, 4.69) is 20.6 Å². The fourth-order valence-corrected chi connectivity index (χ4v) is 1.89. The summed E-state index contributed by atoms with van der Waals surface area (Å²) in [6.45, 7) is 0.950. The highest BCUT2D eigenvalue weighted by molar-refractivity contribution is 6.29. The molecule has 0 aliphatic rings. The van der Waals surface area contributed by atoms with Crippen molar-refractivity contribution in [1.82, 2.24) is 9.97 Å². The van der Waals surface area contributed by atoms with Crippen LogP contribution in [0, 0.1) is 10.1 Å². The molecule has 0 amide bonds. The van der Waals surface area contributed by atoms with Crippen LogP contribution in [0.25, 0.3) is 0 Å². The number of hydrogen-bond donors (Lipinski definition) is 3. The van der Waals surface area contributed by atoms with Crippen LogP contribution in [-0.4, -0.2) is 28.0 Å². The molecule has 21 heavy (non-hydrogen) atoms. The van der Waals surface area contributed by atoms with Gasteiger partial charge < -0.3 is 16.4 Å². The molecule has 0 spiro atoms. The van der Waals surface area contributed by atoms with Gasteiger partial charge in [0.25, 0.3) is 5.69 Å². The molecular weight excluding hydrogens is 296 g/mol. The van der Waals surface area contributed by atoms with Gasteiger partial charge in [0.05, 0.1) is 4.92 Å². The Kier molecular flexibility index (Phi) is 4.72. The number of benzene rings is 1. The van der Waals surface area contributed by atoms with Gasteiger partial charge in [-0.15, -0.1) is 0 Å². The first kappa shape index (κ1) is 14.8. The average Bonchev–Trinajstić information content (AvgIpc) is 2.43. The molecule has 110 valence electrons. The number of nitrogens with one attached hydrogen (secondary N) is 2. The van der Waals surface area contributed by atoms with Crippen molar-refractivity contribution < 1.29 is 4.92 Å². The van der Waals surface area contributed by atoms with Gasteiger partial charge in [0, 0.05) is 25.2 Å². The molecule has 1 heterocycles. The quantitative estimate of drug-likeness (QED) is 0.324. The minimum Gasteiger partial charge on any atom is -0.378 e. The fraction of sp³-hybridized carbons (Fsp3) is 0.167. The van der Waals surface area contributed by atoms with Gasteiger partial charge in [0.2, 0.25) is 5.95 Å². The first-order chi connectivity index (χ1) is 10.1. The maximum atomic E-state index is 10.9. The summed E-state index contributed by atoms with van der Waals surface area (Å²) in [5.41, 5.74) is 5.97. The smallest absolute Gasteiger partial charge is 0.292 e. The molecular formula is C12H13ClN6O2. The second-order valence-corrected chi connectivity index (χ2v) is 4.45. The van der Waals surface area contributed by atoms with E-state index in [0.717, 1.165) is 0 Å². The Hall–Kier alpha value is -2.61. The van der Waals surface area contributed by atoms with Gasteiger partial charge in [-0.25, -0.2) is 4.98 Å². The normalized spacial score (nSPS) is 10.1. The molecule has 1 aromatic carbocycles. The van der Waals surface area contributed by atoms with E-state index in [-0.39, 0.29) is 16.8 Å². The van der Waals surface area contributed by atoms with Crippen LogP contribution in [0.2, 0.25) is 5.15 Å². The van der Waals surface area contributed by atoms with Crippen molar-refractivity contribution in [2.45, 2.75) is 0 Å². The van der Waals surface area contributed by atoms with E-state index in [1.54, 1.807) is 24.3 Å². The molecule has 1 aromatic heterocycles. The Balaban J connectivity index is 1.89. The van der Waals surface area contributed by atoms with E-state index < -0.39 is 4.92 Å². The number of para-hydroxylation sites is 2. The molecule has 0 radical (unpaired) electrons.